The molecule has 0 fully saturated rings. The van der Waals surface area contributed by atoms with Crippen molar-refractivity contribution in [1.29, 1.82) is 0 Å². The maximum Gasteiger partial charge on any atom is 0.305 e. The van der Waals surface area contributed by atoms with Crippen LogP contribution in [0.25, 0.3) is 0 Å². The summed E-state index contributed by atoms with van der Waals surface area (Å²) in [5.74, 6) is -0.460. The molecule has 0 aliphatic carbocycles. The van der Waals surface area contributed by atoms with Crippen LogP contribution in [0.4, 0.5) is 0 Å². The molecule has 0 rings (SSSR count). The number of aliphatic hydroxyl groups excluding tert-OH is 5. The second-order valence-corrected chi connectivity index (χ2v) is 8.68. The Labute approximate surface area is 188 Å². The highest BCUT2D eigenvalue weighted by molar-refractivity contribution is 5.69. The molecule has 0 aromatic carbocycles. The van der Waals surface area contributed by atoms with E-state index in [4.69, 9.17) is 9.84 Å². The first-order valence-electron chi connectivity index (χ1n) is 12.4. The molecule has 0 aliphatic rings. The number of rotatable bonds is 22. The molecular weight excluding hydrogens is 400 g/mol. The average Bonchev–Trinajstić information content (AvgIpc) is 2.78. The zero-order valence-corrected chi connectivity index (χ0v) is 19.6. The Bertz CT molecular complexity index is 405. The molecule has 0 saturated carbocycles. The number of aliphatic hydroxyl groups is 5. The van der Waals surface area contributed by atoms with Gasteiger partial charge in [0, 0.05) is 6.42 Å². The number of esters is 1. The quantitative estimate of drug-likeness (QED) is 0.127. The summed E-state index contributed by atoms with van der Waals surface area (Å²) >= 11 is 0. The van der Waals surface area contributed by atoms with E-state index in [0.717, 1.165) is 19.3 Å². The Kier molecular flexibility index (Phi) is 20.6. The summed E-state index contributed by atoms with van der Waals surface area (Å²) in [5.41, 5.74) is 0. The second kappa shape index (κ2) is 21.1. The average molecular weight is 449 g/mol. The van der Waals surface area contributed by atoms with Gasteiger partial charge in [-0.1, -0.05) is 96.8 Å². The fourth-order valence-corrected chi connectivity index (χ4v) is 3.55. The summed E-state index contributed by atoms with van der Waals surface area (Å²) in [6.07, 6.45) is 12.5. The van der Waals surface area contributed by atoms with Crippen LogP contribution < -0.4 is 0 Å². The normalized spacial score (nSPS) is 15.4. The summed E-state index contributed by atoms with van der Waals surface area (Å²) in [4.78, 5) is 11.7. The van der Waals surface area contributed by atoms with Gasteiger partial charge in [0.15, 0.2) is 0 Å². The molecule has 5 N–H and O–H groups in total. The van der Waals surface area contributed by atoms with E-state index in [-0.39, 0.29) is 6.42 Å². The van der Waals surface area contributed by atoms with Crippen LogP contribution in [0.15, 0.2) is 0 Å². The summed E-state index contributed by atoms with van der Waals surface area (Å²) < 4.78 is 4.90. The summed E-state index contributed by atoms with van der Waals surface area (Å²) in [7, 11) is 0. The van der Waals surface area contributed by atoms with Crippen molar-refractivity contribution >= 4 is 5.97 Å². The Morgan fingerprint density at radius 3 is 1.45 bits per heavy atom. The van der Waals surface area contributed by atoms with Gasteiger partial charge in [-0.3, -0.25) is 4.79 Å². The third-order valence-electron chi connectivity index (χ3n) is 5.72. The Hall–Kier alpha value is -0.730. The van der Waals surface area contributed by atoms with Gasteiger partial charge >= 0.3 is 5.97 Å². The van der Waals surface area contributed by atoms with Crippen LogP contribution in [0.2, 0.25) is 0 Å². The van der Waals surface area contributed by atoms with Crippen LogP contribution in [0.3, 0.4) is 0 Å². The molecule has 0 amide bonds. The van der Waals surface area contributed by atoms with Gasteiger partial charge in [0.05, 0.1) is 6.61 Å². The number of hydrogen-bond acceptors (Lipinski definition) is 7. The van der Waals surface area contributed by atoms with Gasteiger partial charge in [0.2, 0.25) is 0 Å². The zero-order valence-electron chi connectivity index (χ0n) is 19.6. The minimum absolute atomic E-state index is 0.253. The molecular formula is C24H48O7. The molecule has 0 unspecified atom stereocenters. The highest BCUT2D eigenvalue weighted by Gasteiger charge is 2.30. The molecule has 0 saturated heterocycles. The minimum atomic E-state index is -1.71. The van der Waals surface area contributed by atoms with Crippen molar-refractivity contribution in [3.8, 4) is 0 Å². The van der Waals surface area contributed by atoms with E-state index in [1.165, 1.54) is 77.0 Å². The van der Waals surface area contributed by atoms with Gasteiger partial charge in [0.25, 0.3) is 0 Å². The van der Waals surface area contributed by atoms with Gasteiger partial charge in [-0.15, -0.1) is 0 Å². The molecule has 7 nitrogen and oxygen atoms in total. The minimum Gasteiger partial charge on any atom is -0.463 e. The van der Waals surface area contributed by atoms with Gasteiger partial charge in [-0.2, -0.15) is 0 Å². The first kappa shape index (κ1) is 30.3. The van der Waals surface area contributed by atoms with Crippen LogP contribution in [-0.2, 0) is 9.53 Å². The molecule has 0 radical (unpaired) electrons. The lowest BCUT2D eigenvalue weighted by Crippen LogP contribution is -2.47. The first-order valence-corrected chi connectivity index (χ1v) is 12.4. The lowest BCUT2D eigenvalue weighted by atomic mass is 10.0. The van der Waals surface area contributed by atoms with Crippen molar-refractivity contribution in [3.05, 3.63) is 0 Å². The Balaban J connectivity index is 3.46. The van der Waals surface area contributed by atoms with E-state index in [1.807, 2.05) is 0 Å². The van der Waals surface area contributed by atoms with Gasteiger partial charge < -0.3 is 30.3 Å². The largest absolute Gasteiger partial charge is 0.463 e. The van der Waals surface area contributed by atoms with Crippen LogP contribution in [0, 0.1) is 0 Å². The predicted molar refractivity (Wildman–Crippen MR) is 122 cm³/mol. The predicted octanol–water partition coefficient (Wildman–Crippen LogP) is 3.23. The van der Waals surface area contributed by atoms with Crippen molar-refractivity contribution in [2.75, 3.05) is 13.2 Å². The number of ether oxygens (including phenoxy) is 1. The SMILES string of the molecule is CCCCCCCCCCCCCCCCCC(=O)OC[C@@H](O)[C@@H](O)[C@H](O)[C@@H](O)CO. The monoisotopic (exact) mass is 448 g/mol. The van der Waals surface area contributed by atoms with Gasteiger partial charge in [0.1, 0.15) is 31.0 Å². The van der Waals surface area contributed by atoms with Gasteiger partial charge in [-0.25, -0.2) is 0 Å². The van der Waals surface area contributed by atoms with Crippen LogP contribution >= 0.6 is 0 Å². The highest BCUT2D eigenvalue weighted by Crippen LogP contribution is 2.14. The Morgan fingerprint density at radius 1 is 0.645 bits per heavy atom. The maximum absolute atomic E-state index is 11.7. The highest BCUT2D eigenvalue weighted by atomic mass is 16.5. The molecule has 0 spiro atoms. The standard InChI is InChI=1S/C24H48O7/c1-2-3-4-5-6-7-8-9-10-11-12-13-14-15-16-17-22(28)31-19-21(27)24(30)23(29)20(26)18-25/h20-21,23-27,29-30H,2-19H2,1H3/t20-,21+,23+,24+/m0/s1. The summed E-state index contributed by atoms with van der Waals surface area (Å²) in [6, 6.07) is 0. The lowest BCUT2D eigenvalue weighted by molar-refractivity contribution is -0.156. The number of carbonyl (C=O) groups excluding carboxylic acids is 1. The van der Waals surface area contributed by atoms with E-state index >= 15 is 0 Å². The molecule has 0 aromatic heterocycles. The molecule has 7 heteroatoms. The fourth-order valence-electron chi connectivity index (χ4n) is 3.55. The molecule has 4 atom stereocenters. The first-order chi connectivity index (χ1) is 14.9. The third-order valence-corrected chi connectivity index (χ3v) is 5.72. The van der Waals surface area contributed by atoms with Crippen LogP contribution in [0.5, 0.6) is 0 Å². The molecule has 0 aromatic rings. The lowest BCUT2D eigenvalue weighted by Gasteiger charge is -2.25. The molecule has 31 heavy (non-hydrogen) atoms. The molecule has 0 aliphatic heterocycles. The van der Waals surface area contributed by atoms with Crippen LogP contribution in [-0.4, -0.2) is 69.1 Å². The topological polar surface area (TPSA) is 127 Å². The van der Waals surface area contributed by atoms with Crippen molar-refractivity contribution in [3.63, 3.8) is 0 Å². The fraction of sp³-hybridized carbons (Fsp3) is 0.958. The van der Waals surface area contributed by atoms with E-state index in [1.54, 1.807) is 0 Å². The van der Waals surface area contributed by atoms with Crippen LogP contribution in [0.1, 0.15) is 110 Å². The van der Waals surface area contributed by atoms with Crippen molar-refractivity contribution < 1.29 is 35.1 Å². The molecule has 0 bridgehead atoms. The van der Waals surface area contributed by atoms with E-state index in [9.17, 15) is 25.2 Å². The van der Waals surface area contributed by atoms with E-state index in [2.05, 4.69) is 6.92 Å². The number of hydrogen-bond donors (Lipinski definition) is 5. The van der Waals surface area contributed by atoms with E-state index in [0.29, 0.717) is 0 Å². The zero-order chi connectivity index (χ0) is 23.3. The van der Waals surface area contributed by atoms with E-state index < -0.39 is 43.6 Å². The number of unbranched alkanes of at least 4 members (excludes halogenated alkanes) is 14. The Morgan fingerprint density at radius 2 is 1.03 bits per heavy atom. The summed E-state index contributed by atoms with van der Waals surface area (Å²) in [6.45, 7) is 1.04. The summed E-state index contributed by atoms with van der Waals surface area (Å²) in [5, 5.41) is 46.8. The van der Waals surface area contributed by atoms with Crippen molar-refractivity contribution in [1.82, 2.24) is 0 Å². The molecule has 186 valence electrons. The third kappa shape index (κ3) is 17.5. The van der Waals surface area contributed by atoms with Crippen molar-refractivity contribution in [2.24, 2.45) is 0 Å². The van der Waals surface area contributed by atoms with Gasteiger partial charge in [-0.05, 0) is 6.42 Å². The van der Waals surface area contributed by atoms with Crippen molar-refractivity contribution in [2.45, 2.75) is 134 Å². The maximum atomic E-state index is 11.7. The molecule has 0 heterocycles. The smallest absolute Gasteiger partial charge is 0.305 e. The number of carbonyl (C=O) groups is 1. The second-order valence-electron chi connectivity index (χ2n) is 8.68.